The van der Waals surface area contributed by atoms with Crippen LogP contribution in [0.1, 0.15) is 19.3 Å². The fourth-order valence-electron chi connectivity index (χ4n) is 1.50. The summed E-state index contributed by atoms with van der Waals surface area (Å²) in [7, 11) is -3.71. The SMILES string of the molecule is Nc1ccc(S(N)(=O)=O)cc1NCCCCCO. The number of hydrogen-bond donors (Lipinski definition) is 4. The number of sulfonamides is 1. The van der Waals surface area contributed by atoms with E-state index in [2.05, 4.69) is 5.32 Å². The average molecular weight is 273 g/mol. The molecule has 0 aliphatic rings. The molecule has 0 radical (unpaired) electrons. The quantitative estimate of drug-likeness (QED) is 0.426. The second kappa shape index (κ2) is 6.58. The van der Waals surface area contributed by atoms with Crippen molar-refractivity contribution in [1.82, 2.24) is 0 Å². The number of nitrogen functional groups attached to an aromatic ring is 1. The van der Waals surface area contributed by atoms with Gasteiger partial charge in [0.05, 0.1) is 16.3 Å². The molecule has 18 heavy (non-hydrogen) atoms. The standard InChI is InChI=1S/C11H19N3O3S/c12-10-5-4-9(18(13,16)17)8-11(10)14-6-2-1-3-7-15/h4-5,8,14-15H,1-3,6-7,12H2,(H2,13,16,17). The highest BCUT2D eigenvalue weighted by atomic mass is 32.2. The molecule has 0 bridgehead atoms. The molecule has 6 N–H and O–H groups in total. The number of aliphatic hydroxyl groups excluding tert-OH is 1. The Balaban J connectivity index is 2.65. The number of rotatable bonds is 7. The maximum absolute atomic E-state index is 11.2. The number of aliphatic hydroxyl groups is 1. The zero-order chi connectivity index (χ0) is 13.6. The van der Waals surface area contributed by atoms with E-state index in [1.54, 1.807) is 0 Å². The maximum Gasteiger partial charge on any atom is 0.238 e. The second-order valence-electron chi connectivity index (χ2n) is 4.01. The van der Waals surface area contributed by atoms with Gasteiger partial charge in [-0.2, -0.15) is 0 Å². The van der Waals surface area contributed by atoms with Gasteiger partial charge < -0.3 is 16.2 Å². The molecule has 0 saturated heterocycles. The summed E-state index contributed by atoms with van der Waals surface area (Å²) in [5, 5.41) is 16.7. The first-order chi connectivity index (χ1) is 8.45. The van der Waals surface area contributed by atoms with Gasteiger partial charge in [-0.1, -0.05) is 0 Å². The van der Waals surface area contributed by atoms with Crippen LogP contribution in [0.3, 0.4) is 0 Å². The van der Waals surface area contributed by atoms with E-state index < -0.39 is 10.0 Å². The van der Waals surface area contributed by atoms with Crippen molar-refractivity contribution < 1.29 is 13.5 Å². The Bertz CT molecular complexity index is 488. The first kappa shape index (κ1) is 14.7. The summed E-state index contributed by atoms with van der Waals surface area (Å²) in [6.45, 7) is 0.849. The van der Waals surface area contributed by atoms with Crippen LogP contribution in [0.2, 0.25) is 0 Å². The molecule has 1 rings (SSSR count). The summed E-state index contributed by atoms with van der Waals surface area (Å²) < 4.78 is 22.4. The van der Waals surface area contributed by atoms with E-state index in [1.807, 2.05) is 0 Å². The molecule has 0 aliphatic carbocycles. The lowest BCUT2D eigenvalue weighted by molar-refractivity contribution is 0.283. The van der Waals surface area contributed by atoms with Crippen molar-refractivity contribution in [3.8, 4) is 0 Å². The molecule has 1 aromatic carbocycles. The topological polar surface area (TPSA) is 118 Å². The third-order valence-corrected chi connectivity index (χ3v) is 3.41. The van der Waals surface area contributed by atoms with Crippen molar-refractivity contribution in [1.29, 1.82) is 0 Å². The predicted molar refractivity (Wildman–Crippen MR) is 71.7 cm³/mol. The van der Waals surface area contributed by atoms with Gasteiger partial charge in [0.25, 0.3) is 0 Å². The minimum absolute atomic E-state index is 0.0366. The average Bonchev–Trinajstić information content (AvgIpc) is 2.29. The molecule has 0 atom stereocenters. The van der Waals surface area contributed by atoms with E-state index in [0.717, 1.165) is 19.3 Å². The van der Waals surface area contributed by atoms with Gasteiger partial charge in [0.15, 0.2) is 0 Å². The largest absolute Gasteiger partial charge is 0.397 e. The van der Waals surface area contributed by atoms with E-state index in [1.165, 1.54) is 18.2 Å². The Morgan fingerprint density at radius 1 is 1.22 bits per heavy atom. The van der Waals surface area contributed by atoms with Crippen LogP contribution < -0.4 is 16.2 Å². The molecule has 1 aromatic rings. The van der Waals surface area contributed by atoms with Crippen molar-refractivity contribution in [2.45, 2.75) is 24.2 Å². The number of hydrogen-bond acceptors (Lipinski definition) is 5. The molecule has 0 fully saturated rings. The molecular weight excluding hydrogens is 254 g/mol. The summed E-state index contributed by atoms with van der Waals surface area (Å²) >= 11 is 0. The summed E-state index contributed by atoms with van der Waals surface area (Å²) in [5.74, 6) is 0. The molecule has 0 amide bonds. The van der Waals surface area contributed by atoms with Gasteiger partial charge in [-0.3, -0.25) is 0 Å². The number of nitrogens with two attached hydrogens (primary N) is 2. The molecule has 0 aliphatic heterocycles. The molecular formula is C11H19N3O3S. The molecule has 0 spiro atoms. The van der Waals surface area contributed by atoms with Gasteiger partial charge >= 0.3 is 0 Å². The first-order valence-corrected chi connectivity index (χ1v) is 7.27. The van der Waals surface area contributed by atoms with Crippen molar-refractivity contribution in [3.05, 3.63) is 18.2 Å². The van der Waals surface area contributed by atoms with Gasteiger partial charge in [0.1, 0.15) is 0 Å². The third-order valence-electron chi connectivity index (χ3n) is 2.50. The van der Waals surface area contributed by atoms with Crippen LogP contribution in [-0.4, -0.2) is 26.7 Å². The number of nitrogens with one attached hydrogen (secondary N) is 1. The predicted octanol–water partition coefficient (Wildman–Crippen LogP) is 0.491. The van der Waals surface area contributed by atoms with E-state index in [0.29, 0.717) is 17.9 Å². The third kappa shape index (κ3) is 4.52. The number of primary sulfonamides is 1. The minimum atomic E-state index is -3.71. The lowest BCUT2D eigenvalue weighted by atomic mass is 10.2. The highest BCUT2D eigenvalue weighted by Crippen LogP contribution is 2.22. The van der Waals surface area contributed by atoms with Crippen molar-refractivity contribution in [2.24, 2.45) is 5.14 Å². The monoisotopic (exact) mass is 273 g/mol. The zero-order valence-electron chi connectivity index (χ0n) is 10.1. The maximum atomic E-state index is 11.2. The first-order valence-electron chi connectivity index (χ1n) is 5.72. The molecule has 0 saturated carbocycles. The number of benzene rings is 1. The Morgan fingerprint density at radius 3 is 2.56 bits per heavy atom. The molecule has 7 heteroatoms. The summed E-state index contributed by atoms with van der Waals surface area (Å²) in [6, 6.07) is 4.31. The van der Waals surface area contributed by atoms with Crippen LogP contribution in [0.15, 0.2) is 23.1 Å². The zero-order valence-corrected chi connectivity index (χ0v) is 10.9. The van der Waals surface area contributed by atoms with Crippen molar-refractivity contribution >= 4 is 21.4 Å². The highest BCUT2D eigenvalue weighted by molar-refractivity contribution is 7.89. The highest BCUT2D eigenvalue weighted by Gasteiger charge is 2.09. The van der Waals surface area contributed by atoms with Gasteiger partial charge in [-0.15, -0.1) is 0 Å². The summed E-state index contributed by atoms with van der Waals surface area (Å²) in [4.78, 5) is 0.0366. The summed E-state index contributed by atoms with van der Waals surface area (Å²) in [5.41, 5.74) is 6.77. The fourth-order valence-corrected chi connectivity index (χ4v) is 2.04. The Labute approximate surface area is 107 Å². The van der Waals surface area contributed by atoms with Crippen LogP contribution in [0.5, 0.6) is 0 Å². The Morgan fingerprint density at radius 2 is 1.94 bits per heavy atom. The molecule has 0 aromatic heterocycles. The normalized spacial score (nSPS) is 11.4. The lowest BCUT2D eigenvalue weighted by Crippen LogP contribution is -2.13. The summed E-state index contributed by atoms with van der Waals surface area (Å²) in [6.07, 6.45) is 2.53. The molecule has 0 unspecified atom stereocenters. The fraction of sp³-hybridized carbons (Fsp3) is 0.455. The van der Waals surface area contributed by atoms with Crippen LogP contribution in [-0.2, 0) is 10.0 Å². The smallest absolute Gasteiger partial charge is 0.238 e. The number of unbranched alkanes of at least 4 members (excludes halogenated alkanes) is 2. The molecule has 102 valence electrons. The minimum Gasteiger partial charge on any atom is -0.397 e. The second-order valence-corrected chi connectivity index (χ2v) is 5.57. The van der Waals surface area contributed by atoms with Crippen LogP contribution in [0, 0.1) is 0 Å². The van der Waals surface area contributed by atoms with Gasteiger partial charge in [-0.05, 0) is 37.5 Å². The van der Waals surface area contributed by atoms with E-state index >= 15 is 0 Å². The van der Waals surface area contributed by atoms with Crippen LogP contribution >= 0.6 is 0 Å². The molecule has 6 nitrogen and oxygen atoms in total. The van der Waals surface area contributed by atoms with Crippen LogP contribution in [0.4, 0.5) is 11.4 Å². The molecule has 0 heterocycles. The van der Waals surface area contributed by atoms with Crippen LogP contribution in [0.25, 0.3) is 0 Å². The van der Waals surface area contributed by atoms with E-state index in [-0.39, 0.29) is 11.5 Å². The van der Waals surface area contributed by atoms with Gasteiger partial charge in [0, 0.05) is 13.2 Å². The lowest BCUT2D eigenvalue weighted by Gasteiger charge is -2.10. The van der Waals surface area contributed by atoms with E-state index in [9.17, 15) is 8.42 Å². The van der Waals surface area contributed by atoms with E-state index in [4.69, 9.17) is 16.0 Å². The van der Waals surface area contributed by atoms with Gasteiger partial charge in [-0.25, -0.2) is 13.6 Å². The number of anilines is 2. The Hall–Kier alpha value is -1.31. The van der Waals surface area contributed by atoms with Crippen molar-refractivity contribution in [3.63, 3.8) is 0 Å². The Kier molecular flexibility index (Phi) is 5.39. The van der Waals surface area contributed by atoms with Crippen molar-refractivity contribution in [2.75, 3.05) is 24.2 Å². The van der Waals surface area contributed by atoms with Gasteiger partial charge in [0.2, 0.25) is 10.0 Å².